The number of benzene rings is 1. The molecule has 0 aliphatic heterocycles. The molecule has 0 heterocycles. The monoisotopic (exact) mass is 156 g/mol. The summed E-state index contributed by atoms with van der Waals surface area (Å²) in [6.07, 6.45) is 2.13. The summed E-state index contributed by atoms with van der Waals surface area (Å²) in [5, 5.41) is 0. The summed E-state index contributed by atoms with van der Waals surface area (Å²) in [7, 11) is 0. The van der Waals surface area contributed by atoms with E-state index in [-0.39, 0.29) is 0 Å². The zero-order valence-electron chi connectivity index (χ0n) is 7.14. The van der Waals surface area contributed by atoms with E-state index >= 15 is 0 Å². The third-order valence-electron chi connectivity index (χ3n) is 2.42. The SMILES string of the molecule is C=C1CCC(=C)c2ccccc21. The highest BCUT2D eigenvalue weighted by molar-refractivity contribution is 5.82. The molecule has 0 bridgehead atoms. The van der Waals surface area contributed by atoms with Gasteiger partial charge in [-0.2, -0.15) is 0 Å². The molecule has 0 unspecified atom stereocenters. The Bertz CT molecular complexity index is 310. The molecule has 0 saturated carbocycles. The maximum absolute atomic E-state index is 4.05. The first-order valence-corrected chi connectivity index (χ1v) is 4.24. The van der Waals surface area contributed by atoms with E-state index in [1.165, 1.54) is 22.3 Å². The van der Waals surface area contributed by atoms with E-state index in [1.54, 1.807) is 0 Å². The summed E-state index contributed by atoms with van der Waals surface area (Å²) < 4.78 is 0. The molecule has 1 aliphatic carbocycles. The van der Waals surface area contributed by atoms with Crippen LogP contribution in [0.4, 0.5) is 0 Å². The molecule has 0 nitrogen and oxygen atoms in total. The van der Waals surface area contributed by atoms with Crippen LogP contribution in [-0.2, 0) is 0 Å². The van der Waals surface area contributed by atoms with Crippen molar-refractivity contribution >= 4 is 11.1 Å². The van der Waals surface area contributed by atoms with Gasteiger partial charge in [0.2, 0.25) is 0 Å². The van der Waals surface area contributed by atoms with Crippen LogP contribution in [0.1, 0.15) is 24.0 Å². The smallest absolute Gasteiger partial charge is 0.0155 e. The first kappa shape index (κ1) is 7.35. The van der Waals surface area contributed by atoms with Crippen LogP contribution >= 0.6 is 0 Å². The van der Waals surface area contributed by atoms with Gasteiger partial charge in [0.1, 0.15) is 0 Å². The van der Waals surface area contributed by atoms with Gasteiger partial charge >= 0.3 is 0 Å². The van der Waals surface area contributed by atoms with Crippen LogP contribution in [0, 0.1) is 0 Å². The van der Waals surface area contributed by atoms with E-state index in [1.807, 2.05) is 0 Å². The lowest BCUT2D eigenvalue weighted by Crippen LogP contribution is -1.98. The quantitative estimate of drug-likeness (QED) is 0.539. The van der Waals surface area contributed by atoms with Crippen molar-refractivity contribution in [3.63, 3.8) is 0 Å². The third-order valence-corrected chi connectivity index (χ3v) is 2.42. The Morgan fingerprint density at radius 3 is 1.67 bits per heavy atom. The highest BCUT2D eigenvalue weighted by atomic mass is 14.2. The molecule has 1 aromatic rings. The molecule has 0 aromatic heterocycles. The van der Waals surface area contributed by atoms with Crippen LogP contribution in [0.3, 0.4) is 0 Å². The van der Waals surface area contributed by atoms with Gasteiger partial charge in [-0.1, -0.05) is 37.4 Å². The zero-order valence-corrected chi connectivity index (χ0v) is 7.14. The van der Waals surface area contributed by atoms with E-state index in [9.17, 15) is 0 Å². The Morgan fingerprint density at radius 1 is 0.833 bits per heavy atom. The number of hydrogen-bond donors (Lipinski definition) is 0. The minimum absolute atomic E-state index is 1.07. The lowest BCUT2D eigenvalue weighted by molar-refractivity contribution is 1.06. The number of fused-ring (bicyclic) bond motifs is 1. The predicted octanol–water partition coefficient (Wildman–Crippen LogP) is 3.51. The molecule has 0 radical (unpaired) electrons. The molecule has 0 saturated heterocycles. The molecule has 1 aliphatic rings. The Balaban J connectivity index is 2.62. The molecule has 2 rings (SSSR count). The average molecular weight is 156 g/mol. The van der Waals surface area contributed by atoms with Gasteiger partial charge < -0.3 is 0 Å². The molecule has 60 valence electrons. The Morgan fingerprint density at radius 2 is 1.25 bits per heavy atom. The maximum Gasteiger partial charge on any atom is -0.0155 e. The van der Waals surface area contributed by atoms with Gasteiger partial charge in [-0.3, -0.25) is 0 Å². The van der Waals surface area contributed by atoms with E-state index in [0.717, 1.165) is 12.8 Å². The van der Waals surface area contributed by atoms with Crippen molar-refractivity contribution in [2.24, 2.45) is 0 Å². The molecular weight excluding hydrogens is 144 g/mol. The minimum Gasteiger partial charge on any atom is -0.0952 e. The Labute approximate surface area is 73.2 Å². The van der Waals surface area contributed by atoms with Crippen LogP contribution in [0.25, 0.3) is 11.1 Å². The van der Waals surface area contributed by atoms with Crippen LogP contribution in [0.2, 0.25) is 0 Å². The van der Waals surface area contributed by atoms with Crippen LogP contribution < -0.4 is 0 Å². The first-order chi connectivity index (χ1) is 5.79. The molecule has 0 spiro atoms. The van der Waals surface area contributed by atoms with Gasteiger partial charge in [-0.25, -0.2) is 0 Å². The van der Waals surface area contributed by atoms with Gasteiger partial charge in [-0.05, 0) is 35.1 Å². The molecule has 12 heavy (non-hydrogen) atoms. The normalized spacial score (nSPS) is 16.0. The predicted molar refractivity (Wildman–Crippen MR) is 53.7 cm³/mol. The Kier molecular flexibility index (Phi) is 1.61. The van der Waals surface area contributed by atoms with Crippen molar-refractivity contribution in [2.75, 3.05) is 0 Å². The van der Waals surface area contributed by atoms with Gasteiger partial charge in [0, 0.05) is 0 Å². The van der Waals surface area contributed by atoms with Crippen LogP contribution in [0.5, 0.6) is 0 Å². The molecule has 1 aromatic carbocycles. The highest BCUT2D eigenvalue weighted by Gasteiger charge is 2.13. The standard InChI is InChI=1S/C12H12/c1-9-7-8-10(2)12-6-4-3-5-11(9)12/h3-6H,1-2,7-8H2. The number of allylic oxidation sites excluding steroid dienone is 2. The van der Waals surface area contributed by atoms with E-state index in [2.05, 4.69) is 37.4 Å². The molecule has 0 atom stereocenters. The lowest BCUT2D eigenvalue weighted by atomic mass is 9.85. The molecular formula is C12H12. The van der Waals surface area contributed by atoms with Crippen molar-refractivity contribution < 1.29 is 0 Å². The summed E-state index contributed by atoms with van der Waals surface area (Å²) in [5.74, 6) is 0. The number of hydrogen-bond acceptors (Lipinski definition) is 0. The largest absolute Gasteiger partial charge is 0.0952 e. The summed E-state index contributed by atoms with van der Waals surface area (Å²) in [5.41, 5.74) is 5.07. The molecule has 0 heteroatoms. The van der Waals surface area contributed by atoms with Crippen molar-refractivity contribution in [1.29, 1.82) is 0 Å². The fraction of sp³-hybridized carbons (Fsp3) is 0.167. The summed E-state index contributed by atoms with van der Waals surface area (Å²) in [6.45, 7) is 8.10. The molecule has 0 amide bonds. The van der Waals surface area contributed by atoms with Gasteiger partial charge in [0.25, 0.3) is 0 Å². The van der Waals surface area contributed by atoms with E-state index in [0.29, 0.717) is 0 Å². The summed E-state index contributed by atoms with van der Waals surface area (Å²) in [6, 6.07) is 8.37. The van der Waals surface area contributed by atoms with E-state index < -0.39 is 0 Å². The minimum atomic E-state index is 1.07. The van der Waals surface area contributed by atoms with Crippen molar-refractivity contribution in [2.45, 2.75) is 12.8 Å². The first-order valence-electron chi connectivity index (χ1n) is 4.24. The molecule has 0 N–H and O–H groups in total. The van der Waals surface area contributed by atoms with Crippen molar-refractivity contribution in [3.8, 4) is 0 Å². The second kappa shape index (κ2) is 2.63. The number of rotatable bonds is 0. The molecule has 0 fully saturated rings. The van der Waals surface area contributed by atoms with Crippen molar-refractivity contribution in [3.05, 3.63) is 48.6 Å². The van der Waals surface area contributed by atoms with Crippen LogP contribution in [-0.4, -0.2) is 0 Å². The third kappa shape index (κ3) is 1.00. The van der Waals surface area contributed by atoms with Crippen molar-refractivity contribution in [1.82, 2.24) is 0 Å². The fourth-order valence-electron chi connectivity index (χ4n) is 1.67. The lowest BCUT2D eigenvalue weighted by Gasteiger charge is -2.19. The fourth-order valence-corrected chi connectivity index (χ4v) is 1.67. The van der Waals surface area contributed by atoms with Gasteiger partial charge in [0.05, 0.1) is 0 Å². The average Bonchev–Trinajstić information content (AvgIpc) is 2.12. The second-order valence-corrected chi connectivity index (χ2v) is 3.25. The summed E-state index contributed by atoms with van der Waals surface area (Å²) >= 11 is 0. The van der Waals surface area contributed by atoms with Gasteiger partial charge in [0.15, 0.2) is 0 Å². The zero-order chi connectivity index (χ0) is 8.55. The Hall–Kier alpha value is -1.30. The second-order valence-electron chi connectivity index (χ2n) is 3.25. The van der Waals surface area contributed by atoms with Crippen LogP contribution in [0.15, 0.2) is 37.4 Å². The van der Waals surface area contributed by atoms with E-state index in [4.69, 9.17) is 0 Å². The summed E-state index contributed by atoms with van der Waals surface area (Å²) in [4.78, 5) is 0. The van der Waals surface area contributed by atoms with Gasteiger partial charge in [-0.15, -0.1) is 0 Å². The maximum atomic E-state index is 4.05. The topological polar surface area (TPSA) is 0 Å². The highest BCUT2D eigenvalue weighted by Crippen LogP contribution is 2.35.